The number of hydrogen-bond acceptors (Lipinski definition) is 9. The second-order valence-electron chi connectivity index (χ2n) is 10.2. The molecule has 6 rings (SSSR count). The molecular formula is C31H27FN8O3. The summed E-state index contributed by atoms with van der Waals surface area (Å²) in [6.07, 6.45) is 6.71. The first-order chi connectivity index (χ1) is 20.9. The number of hydrogen-bond donors (Lipinski definition) is 2. The van der Waals surface area contributed by atoms with Gasteiger partial charge in [0.15, 0.2) is 17.2 Å². The van der Waals surface area contributed by atoms with Gasteiger partial charge in [-0.15, -0.1) is 0 Å². The molecule has 1 aliphatic rings. The summed E-state index contributed by atoms with van der Waals surface area (Å²) in [5.74, 6) is 0.206. The number of rotatable bonds is 9. The molecule has 5 aromatic rings. The molecule has 1 aliphatic heterocycles. The van der Waals surface area contributed by atoms with Crippen molar-refractivity contribution in [3.63, 3.8) is 0 Å². The largest absolute Gasteiger partial charge is 0.491 e. The maximum atomic E-state index is 15.2. The summed E-state index contributed by atoms with van der Waals surface area (Å²) in [4.78, 5) is 23.1. The highest BCUT2D eigenvalue weighted by atomic mass is 19.1. The average molecular weight is 579 g/mol. The fourth-order valence-electron chi connectivity index (χ4n) is 5.00. The normalized spacial score (nSPS) is 14.9. The number of anilines is 3. The van der Waals surface area contributed by atoms with Gasteiger partial charge in [-0.3, -0.25) is 9.78 Å². The molecule has 1 saturated heterocycles. The Morgan fingerprint density at radius 1 is 1.23 bits per heavy atom. The van der Waals surface area contributed by atoms with Crippen LogP contribution in [0.5, 0.6) is 17.2 Å². The van der Waals surface area contributed by atoms with Crippen LogP contribution >= 0.6 is 0 Å². The fraction of sp³-hybridized carbons (Fsp3) is 0.194. The number of fused-ring (bicyclic) bond motifs is 2. The molecule has 0 aliphatic carbocycles. The minimum Gasteiger partial charge on any atom is -0.491 e. The van der Waals surface area contributed by atoms with Gasteiger partial charge in [0.05, 0.1) is 29.1 Å². The van der Waals surface area contributed by atoms with E-state index in [4.69, 9.17) is 9.47 Å². The Morgan fingerprint density at radius 3 is 2.88 bits per heavy atom. The number of nitriles is 1. The van der Waals surface area contributed by atoms with Crippen LogP contribution in [0.1, 0.15) is 12.0 Å². The molecule has 1 amide bonds. The lowest BCUT2D eigenvalue weighted by atomic mass is 10.1. The first-order valence-electron chi connectivity index (χ1n) is 13.6. The lowest BCUT2D eigenvalue weighted by Crippen LogP contribution is -2.18. The number of nitrogens with zero attached hydrogens (tertiary/aromatic N) is 6. The Labute approximate surface area is 246 Å². The van der Waals surface area contributed by atoms with E-state index in [1.54, 1.807) is 41.0 Å². The maximum absolute atomic E-state index is 15.2. The molecule has 0 radical (unpaired) electrons. The van der Waals surface area contributed by atoms with Gasteiger partial charge >= 0.3 is 0 Å². The number of likely N-dealkylation sites (tertiary alicyclic amines) is 1. The summed E-state index contributed by atoms with van der Waals surface area (Å²) < 4.78 is 28.6. The first kappa shape index (κ1) is 27.6. The zero-order chi connectivity index (χ0) is 29.9. The highest BCUT2D eigenvalue weighted by Gasteiger charge is 2.22. The van der Waals surface area contributed by atoms with E-state index >= 15 is 4.39 Å². The number of amides is 1. The molecule has 0 bridgehead atoms. The lowest BCUT2D eigenvalue weighted by molar-refractivity contribution is -0.111. The molecular weight excluding hydrogens is 551 g/mol. The summed E-state index contributed by atoms with van der Waals surface area (Å²) in [6, 6.07) is 13.3. The Balaban J connectivity index is 1.30. The molecule has 216 valence electrons. The second-order valence-corrected chi connectivity index (χ2v) is 10.2. The van der Waals surface area contributed by atoms with Crippen LogP contribution in [0.15, 0.2) is 73.8 Å². The predicted molar refractivity (Wildman–Crippen MR) is 159 cm³/mol. The number of carbonyl (C=O) groups is 1. The molecule has 4 heterocycles. The molecule has 0 spiro atoms. The van der Waals surface area contributed by atoms with Crippen molar-refractivity contribution >= 4 is 39.5 Å². The molecule has 3 aromatic heterocycles. The van der Waals surface area contributed by atoms with E-state index < -0.39 is 11.7 Å². The van der Waals surface area contributed by atoms with Crippen molar-refractivity contribution in [1.29, 1.82) is 5.26 Å². The molecule has 1 fully saturated rings. The number of halogens is 1. The minimum atomic E-state index is -0.615. The highest BCUT2D eigenvalue weighted by molar-refractivity contribution is 6.04. The van der Waals surface area contributed by atoms with Crippen molar-refractivity contribution in [2.24, 2.45) is 5.92 Å². The molecule has 12 heteroatoms. The van der Waals surface area contributed by atoms with Crippen LogP contribution in [0.2, 0.25) is 0 Å². The van der Waals surface area contributed by atoms with Crippen LogP contribution in [0.3, 0.4) is 0 Å². The van der Waals surface area contributed by atoms with E-state index in [0.29, 0.717) is 57.6 Å². The Morgan fingerprint density at radius 2 is 2.12 bits per heavy atom. The van der Waals surface area contributed by atoms with Crippen LogP contribution in [-0.4, -0.2) is 57.1 Å². The number of ether oxygens (including phenoxy) is 2. The summed E-state index contributed by atoms with van der Waals surface area (Å²) in [5, 5.41) is 20.4. The third-order valence-corrected chi connectivity index (χ3v) is 7.18. The number of carbonyl (C=O) groups excluding carboxylic acids is 1. The molecule has 2 N–H and O–H groups in total. The van der Waals surface area contributed by atoms with Gasteiger partial charge in [-0.05, 0) is 50.4 Å². The topological polar surface area (TPSA) is 130 Å². The Kier molecular flexibility index (Phi) is 7.55. The number of nitrogens with one attached hydrogen (secondary N) is 2. The first-order valence-corrected chi connectivity index (χ1v) is 13.6. The SMILES string of the molecule is C=CC(=O)Nc1cc2c(Nc3ccc(Oc4ccn5ncnc5c4)c(F)c3)c(C#N)cnc2cc1OCC1CCN(C)C1. The van der Waals surface area contributed by atoms with E-state index in [-0.39, 0.29) is 11.3 Å². The van der Waals surface area contributed by atoms with Crippen LogP contribution in [-0.2, 0) is 4.79 Å². The monoisotopic (exact) mass is 578 g/mol. The van der Waals surface area contributed by atoms with Gasteiger partial charge in [0, 0.05) is 54.1 Å². The van der Waals surface area contributed by atoms with Crippen molar-refractivity contribution < 1.29 is 18.7 Å². The average Bonchev–Trinajstić information content (AvgIpc) is 3.65. The molecule has 2 aromatic carbocycles. The van der Waals surface area contributed by atoms with Gasteiger partial charge in [-0.2, -0.15) is 10.4 Å². The van der Waals surface area contributed by atoms with Crippen molar-refractivity contribution in [3.05, 3.63) is 85.2 Å². The molecule has 11 nitrogen and oxygen atoms in total. The van der Waals surface area contributed by atoms with E-state index in [1.807, 2.05) is 0 Å². The summed E-state index contributed by atoms with van der Waals surface area (Å²) in [5.41, 5.74) is 2.51. The fourth-order valence-corrected chi connectivity index (χ4v) is 5.00. The number of benzene rings is 2. The second kappa shape index (κ2) is 11.8. The summed E-state index contributed by atoms with van der Waals surface area (Å²) >= 11 is 0. The summed E-state index contributed by atoms with van der Waals surface area (Å²) in [7, 11) is 2.07. The van der Waals surface area contributed by atoms with Crippen LogP contribution in [0.4, 0.5) is 21.5 Å². The van der Waals surface area contributed by atoms with Gasteiger partial charge in [0.25, 0.3) is 0 Å². The summed E-state index contributed by atoms with van der Waals surface area (Å²) in [6.45, 7) is 5.96. The van der Waals surface area contributed by atoms with Gasteiger partial charge in [0.2, 0.25) is 5.91 Å². The number of aromatic nitrogens is 4. The third-order valence-electron chi connectivity index (χ3n) is 7.18. The Hall–Kier alpha value is -5.54. The van der Waals surface area contributed by atoms with E-state index in [1.165, 1.54) is 30.7 Å². The predicted octanol–water partition coefficient (Wildman–Crippen LogP) is 5.28. The minimum absolute atomic E-state index is 0.0131. The highest BCUT2D eigenvalue weighted by Crippen LogP contribution is 2.37. The van der Waals surface area contributed by atoms with Crippen molar-refractivity contribution in [2.45, 2.75) is 6.42 Å². The lowest BCUT2D eigenvalue weighted by Gasteiger charge is -2.18. The molecule has 43 heavy (non-hydrogen) atoms. The molecule has 0 saturated carbocycles. The number of pyridine rings is 2. The Bertz CT molecular complexity index is 1900. The third kappa shape index (κ3) is 5.93. The zero-order valence-corrected chi connectivity index (χ0v) is 23.2. The van der Waals surface area contributed by atoms with Crippen molar-refractivity contribution in [2.75, 3.05) is 37.4 Å². The van der Waals surface area contributed by atoms with Gasteiger partial charge < -0.3 is 25.0 Å². The van der Waals surface area contributed by atoms with Gasteiger partial charge in [0.1, 0.15) is 23.9 Å². The molecule has 1 atom stereocenters. The smallest absolute Gasteiger partial charge is 0.247 e. The van der Waals surface area contributed by atoms with E-state index in [0.717, 1.165) is 19.5 Å². The van der Waals surface area contributed by atoms with Gasteiger partial charge in [-0.1, -0.05) is 6.58 Å². The maximum Gasteiger partial charge on any atom is 0.247 e. The van der Waals surface area contributed by atoms with Crippen molar-refractivity contribution in [1.82, 2.24) is 24.5 Å². The van der Waals surface area contributed by atoms with Crippen LogP contribution in [0.25, 0.3) is 16.6 Å². The molecule has 1 unspecified atom stereocenters. The van der Waals surface area contributed by atoms with E-state index in [2.05, 4.69) is 50.3 Å². The quantitative estimate of drug-likeness (QED) is 0.224. The van der Waals surface area contributed by atoms with Crippen molar-refractivity contribution in [3.8, 4) is 23.3 Å². The van der Waals surface area contributed by atoms with Gasteiger partial charge in [-0.25, -0.2) is 13.9 Å². The van der Waals surface area contributed by atoms with E-state index in [9.17, 15) is 10.1 Å². The standard InChI is InChI=1S/C31H27FN8O3/c1-3-30(41)38-26-12-23-25(13-28(26)42-17-19-6-8-39(2)16-19)34-15-20(14-33)31(23)37-21-4-5-27(24(32)10-21)43-22-7-9-40-29(11-22)35-18-36-40/h3-5,7,9-13,15,18-19H,1,6,8,16-17H2,2H3,(H,34,37)(H,38,41). The van der Waals surface area contributed by atoms with Crippen LogP contribution < -0.4 is 20.1 Å². The van der Waals surface area contributed by atoms with Crippen LogP contribution in [0, 0.1) is 23.1 Å². The zero-order valence-electron chi connectivity index (χ0n) is 23.2.